The van der Waals surface area contributed by atoms with Gasteiger partial charge in [0.2, 0.25) is 0 Å². The van der Waals surface area contributed by atoms with E-state index < -0.39 is 0 Å². The maximum atomic E-state index is 5.43. The van der Waals surface area contributed by atoms with Gasteiger partial charge in [-0.15, -0.1) is 0 Å². The van der Waals surface area contributed by atoms with Crippen molar-refractivity contribution in [1.29, 1.82) is 0 Å². The fourth-order valence-corrected chi connectivity index (χ4v) is 2.69. The third-order valence-electron chi connectivity index (χ3n) is 3.16. The SMILES string of the molecule is CCNC1CCN(c2cc(Br)ccc2OC)C1. The Bertz CT molecular complexity index is 384. The lowest BCUT2D eigenvalue weighted by atomic mass is 10.2. The van der Waals surface area contributed by atoms with Crippen LogP contribution in [0.15, 0.2) is 22.7 Å². The number of rotatable bonds is 4. The second-order valence-corrected chi connectivity index (χ2v) is 5.22. The fraction of sp³-hybridized carbons (Fsp3) is 0.538. The van der Waals surface area contributed by atoms with Crippen LogP contribution >= 0.6 is 15.9 Å². The lowest BCUT2D eigenvalue weighted by molar-refractivity contribution is 0.414. The molecule has 1 atom stereocenters. The molecule has 3 nitrogen and oxygen atoms in total. The summed E-state index contributed by atoms with van der Waals surface area (Å²) in [4.78, 5) is 2.39. The summed E-state index contributed by atoms with van der Waals surface area (Å²) >= 11 is 3.52. The molecule has 1 aromatic rings. The summed E-state index contributed by atoms with van der Waals surface area (Å²) in [5, 5.41) is 3.50. The van der Waals surface area contributed by atoms with Crippen LogP contribution in [0.2, 0.25) is 0 Å². The topological polar surface area (TPSA) is 24.5 Å². The monoisotopic (exact) mass is 298 g/mol. The highest BCUT2D eigenvalue weighted by Gasteiger charge is 2.23. The van der Waals surface area contributed by atoms with Crippen LogP contribution in [0, 0.1) is 0 Å². The number of benzene rings is 1. The van der Waals surface area contributed by atoms with Crippen molar-refractivity contribution in [3.63, 3.8) is 0 Å². The Morgan fingerprint density at radius 1 is 1.53 bits per heavy atom. The molecule has 4 heteroatoms. The van der Waals surface area contributed by atoms with Gasteiger partial charge in [0.15, 0.2) is 0 Å². The molecule has 0 amide bonds. The number of halogens is 1. The van der Waals surface area contributed by atoms with Gasteiger partial charge in [-0.3, -0.25) is 0 Å². The number of ether oxygens (including phenoxy) is 1. The summed E-state index contributed by atoms with van der Waals surface area (Å²) in [6.45, 7) is 5.33. The van der Waals surface area contributed by atoms with Gasteiger partial charge < -0.3 is 15.0 Å². The Morgan fingerprint density at radius 2 is 2.35 bits per heavy atom. The third-order valence-corrected chi connectivity index (χ3v) is 3.66. The molecule has 94 valence electrons. The highest BCUT2D eigenvalue weighted by molar-refractivity contribution is 9.10. The molecular weight excluding hydrogens is 280 g/mol. The summed E-state index contributed by atoms with van der Waals surface area (Å²) in [6.07, 6.45) is 1.20. The molecule has 0 bridgehead atoms. The first kappa shape index (κ1) is 12.7. The molecule has 0 spiro atoms. The molecule has 0 aliphatic carbocycles. The van der Waals surface area contributed by atoms with Crippen molar-refractivity contribution >= 4 is 21.6 Å². The molecule has 0 radical (unpaired) electrons. The Labute approximate surface area is 111 Å². The van der Waals surface area contributed by atoms with Crippen molar-refractivity contribution in [1.82, 2.24) is 5.32 Å². The predicted octanol–water partition coefficient (Wildman–Crippen LogP) is 2.65. The molecule has 1 heterocycles. The van der Waals surface area contributed by atoms with Crippen molar-refractivity contribution in [3.8, 4) is 5.75 Å². The van der Waals surface area contributed by atoms with Crippen LogP contribution < -0.4 is 15.0 Å². The van der Waals surface area contributed by atoms with Crippen LogP contribution in [0.1, 0.15) is 13.3 Å². The van der Waals surface area contributed by atoms with E-state index >= 15 is 0 Å². The first-order valence-corrected chi connectivity index (χ1v) is 6.85. The van der Waals surface area contributed by atoms with E-state index in [1.54, 1.807) is 7.11 Å². The van der Waals surface area contributed by atoms with Crippen molar-refractivity contribution in [2.75, 3.05) is 31.6 Å². The minimum Gasteiger partial charge on any atom is -0.495 e. The molecule has 1 aliphatic rings. The molecule has 1 aliphatic heterocycles. The molecule has 0 aromatic heterocycles. The van der Waals surface area contributed by atoms with Gasteiger partial charge in [-0.05, 0) is 31.2 Å². The first-order valence-electron chi connectivity index (χ1n) is 6.06. The Morgan fingerprint density at radius 3 is 3.06 bits per heavy atom. The van der Waals surface area contributed by atoms with Crippen LogP contribution in [0.5, 0.6) is 5.75 Å². The molecule has 1 saturated heterocycles. The average Bonchev–Trinajstić information content (AvgIpc) is 2.78. The smallest absolute Gasteiger partial charge is 0.142 e. The molecular formula is C13H19BrN2O. The normalized spacial score (nSPS) is 19.7. The average molecular weight is 299 g/mol. The number of likely N-dealkylation sites (N-methyl/N-ethyl adjacent to an activating group) is 1. The fourth-order valence-electron chi connectivity index (χ4n) is 2.34. The largest absolute Gasteiger partial charge is 0.495 e. The third kappa shape index (κ3) is 2.93. The summed E-state index contributed by atoms with van der Waals surface area (Å²) < 4.78 is 6.52. The van der Waals surface area contributed by atoms with Gasteiger partial charge in [0.25, 0.3) is 0 Å². The van der Waals surface area contributed by atoms with E-state index in [1.165, 1.54) is 12.1 Å². The number of anilines is 1. The molecule has 1 unspecified atom stereocenters. The van der Waals surface area contributed by atoms with Gasteiger partial charge in [0, 0.05) is 23.6 Å². The molecule has 1 fully saturated rings. The minimum absolute atomic E-state index is 0.601. The molecule has 17 heavy (non-hydrogen) atoms. The van der Waals surface area contributed by atoms with Gasteiger partial charge in [-0.1, -0.05) is 22.9 Å². The number of hydrogen-bond acceptors (Lipinski definition) is 3. The van der Waals surface area contributed by atoms with E-state index in [0.29, 0.717) is 6.04 Å². The van der Waals surface area contributed by atoms with Crippen LogP contribution in [-0.4, -0.2) is 32.8 Å². The lowest BCUT2D eigenvalue weighted by Crippen LogP contribution is -2.32. The van der Waals surface area contributed by atoms with E-state index in [2.05, 4.69) is 39.1 Å². The van der Waals surface area contributed by atoms with E-state index in [0.717, 1.165) is 29.9 Å². The molecule has 2 rings (SSSR count). The summed E-state index contributed by atoms with van der Waals surface area (Å²) in [6, 6.07) is 6.76. The Hall–Kier alpha value is -0.740. The highest BCUT2D eigenvalue weighted by atomic mass is 79.9. The van der Waals surface area contributed by atoms with Gasteiger partial charge in [0.05, 0.1) is 12.8 Å². The maximum Gasteiger partial charge on any atom is 0.142 e. The molecule has 1 aromatic carbocycles. The highest BCUT2D eigenvalue weighted by Crippen LogP contribution is 2.33. The number of methoxy groups -OCH3 is 1. The predicted molar refractivity (Wildman–Crippen MR) is 75.0 cm³/mol. The van der Waals surface area contributed by atoms with Crippen LogP contribution in [0.4, 0.5) is 5.69 Å². The lowest BCUT2D eigenvalue weighted by Gasteiger charge is -2.21. The summed E-state index contributed by atoms with van der Waals surface area (Å²) in [5.74, 6) is 0.949. The minimum atomic E-state index is 0.601. The zero-order chi connectivity index (χ0) is 12.3. The van der Waals surface area contributed by atoms with E-state index in [9.17, 15) is 0 Å². The quantitative estimate of drug-likeness (QED) is 0.925. The first-order chi connectivity index (χ1) is 8.24. The molecule has 0 saturated carbocycles. The zero-order valence-electron chi connectivity index (χ0n) is 10.4. The zero-order valence-corrected chi connectivity index (χ0v) is 12.0. The second-order valence-electron chi connectivity index (χ2n) is 4.31. The standard InChI is InChI=1S/C13H19BrN2O/c1-3-15-11-6-7-16(9-11)12-8-10(14)4-5-13(12)17-2/h4-5,8,11,15H,3,6-7,9H2,1-2H3. The summed E-state index contributed by atoms with van der Waals surface area (Å²) in [7, 11) is 1.73. The molecule has 1 N–H and O–H groups in total. The van der Waals surface area contributed by atoms with Crippen LogP contribution in [0.25, 0.3) is 0 Å². The van der Waals surface area contributed by atoms with Crippen molar-refractivity contribution in [3.05, 3.63) is 22.7 Å². The van der Waals surface area contributed by atoms with Gasteiger partial charge in [-0.25, -0.2) is 0 Å². The van der Waals surface area contributed by atoms with Crippen molar-refractivity contribution in [2.45, 2.75) is 19.4 Å². The number of nitrogens with one attached hydrogen (secondary N) is 1. The van der Waals surface area contributed by atoms with Gasteiger partial charge in [0.1, 0.15) is 5.75 Å². The van der Waals surface area contributed by atoms with E-state index in [1.807, 2.05) is 12.1 Å². The van der Waals surface area contributed by atoms with E-state index in [4.69, 9.17) is 4.74 Å². The van der Waals surface area contributed by atoms with Gasteiger partial charge in [-0.2, -0.15) is 0 Å². The Balaban J connectivity index is 2.14. The van der Waals surface area contributed by atoms with Crippen molar-refractivity contribution in [2.24, 2.45) is 0 Å². The van der Waals surface area contributed by atoms with Crippen LogP contribution in [0.3, 0.4) is 0 Å². The summed E-state index contributed by atoms with van der Waals surface area (Å²) in [5.41, 5.74) is 1.18. The van der Waals surface area contributed by atoms with Crippen LogP contribution in [-0.2, 0) is 0 Å². The van der Waals surface area contributed by atoms with E-state index in [-0.39, 0.29) is 0 Å². The Kier molecular flexibility index (Phi) is 4.29. The second kappa shape index (κ2) is 5.74. The maximum absolute atomic E-state index is 5.43. The number of hydrogen-bond donors (Lipinski definition) is 1. The number of nitrogens with zero attached hydrogens (tertiary/aromatic N) is 1. The van der Waals surface area contributed by atoms with Gasteiger partial charge >= 0.3 is 0 Å². The van der Waals surface area contributed by atoms with Crippen molar-refractivity contribution < 1.29 is 4.74 Å².